The quantitative estimate of drug-likeness (QED) is 0.652. The van der Waals surface area contributed by atoms with Crippen molar-refractivity contribution in [2.75, 3.05) is 18.1 Å². The van der Waals surface area contributed by atoms with Gasteiger partial charge in [0.2, 0.25) is 0 Å². The first-order chi connectivity index (χ1) is 13.4. The standard InChI is InChI=1S/C21H22N4O3/c1-5-24-18-10-15(6-7-19(18)28-11-20(24)26)21(27)14(4)25-17-9-13(3)12(2)8-16(17)22-23-25/h6-10,14H,5,11H2,1-4H3. The van der Waals surface area contributed by atoms with Gasteiger partial charge in [-0.3, -0.25) is 9.59 Å². The molecule has 0 spiro atoms. The summed E-state index contributed by atoms with van der Waals surface area (Å²) in [6.45, 7) is 8.31. The van der Waals surface area contributed by atoms with E-state index in [4.69, 9.17) is 4.74 Å². The lowest BCUT2D eigenvalue weighted by Gasteiger charge is -2.28. The lowest BCUT2D eigenvalue weighted by atomic mass is 10.0. The van der Waals surface area contributed by atoms with Crippen LogP contribution in [0.4, 0.5) is 5.69 Å². The smallest absolute Gasteiger partial charge is 0.265 e. The van der Waals surface area contributed by atoms with Gasteiger partial charge in [0, 0.05) is 12.1 Å². The van der Waals surface area contributed by atoms with Crippen LogP contribution in [0.25, 0.3) is 11.0 Å². The first kappa shape index (κ1) is 18.2. The van der Waals surface area contributed by atoms with Crippen LogP contribution in [-0.2, 0) is 4.79 Å². The Morgan fingerprint density at radius 2 is 1.96 bits per heavy atom. The summed E-state index contributed by atoms with van der Waals surface area (Å²) in [7, 11) is 0. The second kappa shape index (κ2) is 6.74. The van der Waals surface area contributed by atoms with E-state index in [9.17, 15) is 9.59 Å². The number of carbonyl (C=O) groups excluding carboxylic acids is 2. The van der Waals surface area contributed by atoms with Gasteiger partial charge in [-0.1, -0.05) is 5.21 Å². The molecule has 1 atom stereocenters. The number of hydrogen-bond donors (Lipinski definition) is 0. The van der Waals surface area contributed by atoms with Crippen molar-refractivity contribution in [1.82, 2.24) is 15.0 Å². The van der Waals surface area contributed by atoms with Crippen LogP contribution in [0.1, 0.15) is 41.4 Å². The van der Waals surface area contributed by atoms with Crippen molar-refractivity contribution < 1.29 is 14.3 Å². The minimum Gasteiger partial charge on any atom is -0.482 e. The molecule has 3 aromatic rings. The minimum atomic E-state index is -0.527. The van der Waals surface area contributed by atoms with Crippen LogP contribution >= 0.6 is 0 Å². The van der Waals surface area contributed by atoms with Crippen molar-refractivity contribution in [3.8, 4) is 5.75 Å². The lowest BCUT2D eigenvalue weighted by molar-refractivity contribution is -0.121. The number of aromatic nitrogens is 3. The number of amides is 1. The Morgan fingerprint density at radius 1 is 1.21 bits per heavy atom. The number of carbonyl (C=O) groups is 2. The van der Waals surface area contributed by atoms with Crippen LogP contribution in [0.3, 0.4) is 0 Å². The molecule has 1 aromatic heterocycles. The fourth-order valence-corrected chi connectivity index (χ4v) is 3.53. The molecule has 2 heterocycles. The summed E-state index contributed by atoms with van der Waals surface area (Å²) >= 11 is 0. The predicted octanol–water partition coefficient (Wildman–Crippen LogP) is 3.24. The van der Waals surface area contributed by atoms with Gasteiger partial charge in [-0.15, -0.1) is 5.10 Å². The Bertz CT molecular complexity index is 1100. The van der Waals surface area contributed by atoms with Gasteiger partial charge in [-0.2, -0.15) is 0 Å². The van der Waals surface area contributed by atoms with E-state index in [1.807, 2.05) is 39.8 Å². The molecule has 0 saturated carbocycles. The molecular formula is C21H22N4O3. The zero-order valence-corrected chi connectivity index (χ0v) is 16.4. The monoisotopic (exact) mass is 378 g/mol. The Labute approximate surface area is 162 Å². The maximum atomic E-state index is 13.2. The molecule has 144 valence electrons. The number of anilines is 1. The molecule has 2 aromatic carbocycles. The molecule has 7 nitrogen and oxygen atoms in total. The van der Waals surface area contributed by atoms with E-state index < -0.39 is 6.04 Å². The van der Waals surface area contributed by atoms with Gasteiger partial charge >= 0.3 is 0 Å². The van der Waals surface area contributed by atoms with E-state index in [2.05, 4.69) is 10.3 Å². The van der Waals surface area contributed by atoms with E-state index in [1.165, 1.54) is 0 Å². The number of hydrogen-bond acceptors (Lipinski definition) is 5. The van der Waals surface area contributed by atoms with E-state index in [0.29, 0.717) is 23.5 Å². The molecule has 1 unspecified atom stereocenters. The summed E-state index contributed by atoms with van der Waals surface area (Å²) in [5, 5.41) is 8.42. The highest BCUT2D eigenvalue weighted by molar-refractivity contribution is 6.03. The highest BCUT2D eigenvalue weighted by Gasteiger charge is 2.27. The SMILES string of the molecule is CCN1C(=O)COc2ccc(C(=O)C(C)n3nnc4cc(C)c(C)cc43)cc21. The second-order valence-corrected chi connectivity index (χ2v) is 7.11. The van der Waals surface area contributed by atoms with Crippen molar-refractivity contribution in [2.24, 2.45) is 0 Å². The highest BCUT2D eigenvalue weighted by Crippen LogP contribution is 2.34. The van der Waals surface area contributed by atoms with Crippen molar-refractivity contribution in [2.45, 2.75) is 33.7 Å². The third-order valence-corrected chi connectivity index (χ3v) is 5.34. The molecule has 7 heteroatoms. The molecule has 1 amide bonds. The number of nitrogens with zero attached hydrogens (tertiary/aromatic N) is 4. The Kier molecular flexibility index (Phi) is 4.37. The summed E-state index contributed by atoms with van der Waals surface area (Å²) < 4.78 is 7.14. The third-order valence-electron chi connectivity index (χ3n) is 5.34. The number of benzene rings is 2. The Balaban J connectivity index is 1.71. The molecule has 0 N–H and O–H groups in total. The van der Waals surface area contributed by atoms with E-state index in [0.717, 1.165) is 22.2 Å². The van der Waals surface area contributed by atoms with Gasteiger partial charge in [0.05, 0.1) is 11.2 Å². The largest absolute Gasteiger partial charge is 0.482 e. The molecule has 0 aliphatic carbocycles. The molecule has 28 heavy (non-hydrogen) atoms. The lowest BCUT2D eigenvalue weighted by Crippen LogP contribution is -2.38. The van der Waals surface area contributed by atoms with E-state index in [-0.39, 0.29) is 18.3 Å². The summed E-state index contributed by atoms with van der Waals surface area (Å²) in [6, 6.07) is 8.66. The van der Waals surface area contributed by atoms with Crippen molar-refractivity contribution in [3.63, 3.8) is 0 Å². The van der Waals surface area contributed by atoms with Crippen LogP contribution in [0.15, 0.2) is 30.3 Å². The molecule has 0 fully saturated rings. The van der Waals surface area contributed by atoms with E-state index >= 15 is 0 Å². The van der Waals surface area contributed by atoms with Gasteiger partial charge in [0.25, 0.3) is 5.91 Å². The van der Waals surface area contributed by atoms with Gasteiger partial charge < -0.3 is 9.64 Å². The first-order valence-electron chi connectivity index (χ1n) is 9.34. The fraction of sp³-hybridized carbons (Fsp3) is 0.333. The Hall–Kier alpha value is -3.22. The third kappa shape index (κ3) is 2.83. The molecule has 0 radical (unpaired) electrons. The number of ether oxygens (including phenoxy) is 1. The van der Waals surface area contributed by atoms with Gasteiger partial charge in [-0.05, 0) is 69.2 Å². The zero-order chi connectivity index (χ0) is 20.0. The van der Waals surface area contributed by atoms with Crippen molar-refractivity contribution >= 4 is 28.4 Å². The summed E-state index contributed by atoms with van der Waals surface area (Å²) in [5.41, 5.74) is 5.00. The first-order valence-corrected chi connectivity index (χ1v) is 9.34. The van der Waals surface area contributed by atoms with Crippen molar-refractivity contribution in [1.29, 1.82) is 0 Å². The number of aryl methyl sites for hydroxylation is 2. The Morgan fingerprint density at radius 3 is 2.71 bits per heavy atom. The van der Waals surface area contributed by atoms with Gasteiger partial charge in [0.15, 0.2) is 12.4 Å². The van der Waals surface area contributed by atoms with Gasteiger partial charge in [-0.25, -0.2) is 4.68 Å². The maximum absolute atomic E-state index is 13.2. The predicted molar refractivity (Wildman–Crippen MR) is 106 cm³/mol. The van der Waals surface area contributed by atoms with Crippen molar-refractivity contribution in [3.05, 3.63) is 47.0 Å². The topological polar surface area (TPSA) is 77.3 Å². The zero-order valence-electron chi connectivity index (χ0n) is 16.4. The number of rotatable bonds is 4. The van der Waals surface area contributed by atoms with E-state index in [1.54, 1.807) is 27.8 Å². The maximum Gasteiger partial charge on any atom is 0.265 e. The molecule has 1 aliphatic rings. The molecule has 0 saturated heterocycles. The number of fused-ring (bicyclic) bond motifs is 2. The molecule has 1 aliphatic heterocycles. The fourth-order valence-electron chi connectivity index (χ4n) is 3.53. The van der Waals surface area contributed by atoms with Crippen LogP contribution < -0.4 is 9.64 Å². The number of ketones is 1. The second-order valence-electron chi connectivity index (χ2n) is 7.11. The average molecular weight is 378 g/mol. The molecular weight excluding hydrogens is 356 g/mol. The average Bonchev–Trinajstić information content (AvgIpc) is 3.09. The highest BCUT2D eigenvalue weighted by atomic mass is 16.5. The van der Waals surface area contributed by atoms with Crippen LogP contribution in [-0.4, -0.2) is 39.8 Å². The normalized spacial score (nSPS) is 14.7. The number of likely N-dealkylation sites (N-methyl/N-ethyl adjacent to an activating group) is 1. The number of Topliss-reactive ketones (excluding diaryl/α,β-unsaturated/α-hetero) is 1. The van der Waals surface area contributed by atoms with Crippen LogP contribution in [0, 0.1) is 13.8 Å². The van der Waals surface area contributed by atoms with Gasteiger partial charge in [0.1, 0.15) is 17.3 Å². The summed E-state index contributed by atoms with van der Waals surface area (Å²) in [6.07, 6.45) is 0. The molecule has 4 rings (SSSR count). The van der Waals surface area contributed by atoms with Crippen LogP contribution in [0.2, 0.25) is 0 Å². The molecule has 0 bridgehead atoms. The summed E-state index contributed by atoms with van der Waals surface area (Å²) in [5.74, 6) is 0.408. The minimum absolute atomic E-state index is 0.0221. The summed E-state index contributed by atoms with van der Waals surface area (Å²) in [4.78, 5) is 26.9. The van der Waals surface area contributed by atoms with Crippen LogP contribution in [0.5, 0.6) is 5.75 Å².